The Kier molecular flexibility index (Phi) is 4.01. The van der Waals surface area contributed by atoms with Crippen molar-refractivity contribution < 1.29 is 0 Å². The smallest absolute Gasteiger partial charge is 0.191 e. The third-order valence-electron chi connectivity index (χ3n) is 2.72. The lowest BCUT2D eigenvalue weighted by Crippen LogP contribution is -2.13. The van der Waals surface area contributed by atoms with Crippen molar-refractivity contribution in [2.75, 3.05) is 6.54 Å². The number of aryl methyl sites for hydroxylation is 1. The second-order valence-electron chi connectivity index (χ2n) is 3.99. The van der Waals surface area contributed by atoms with Crippen LogP contribution in [0.1, 0.15) is 25.1 Å². The number of hydrogen-bond acceptors (Lipinski definition) is 4. The van der Waals surface area contributed by atoms with E-state index in [9.17, 15) is 0 Å². The van der Waals surface area contributed by atoms with Crippen LogP contribution in [0.15, 0.2) is 17.3 Å². The monoisotopic (exact) mass is 238 g/mol. The number of nitrogens with two attached hydrogens (primary N) is 1. The summed E-state index contributed by atoms with van der Waals surface area (Å²) in [6.07, 6.45) is 8.27. The molecule has 4 nitrogen and oxygen atoms in total. The molecule has 2 rings (SSSR count). The molecule has 0 bridgehead atoms. The van der Waals surface area contributed by atoms with E-state index in [1.807, 2.05) is 6.92 Å². The molecule has 1 unspecified atom stereocenters. The molecule has 1 atom stereocenters. The first kappa shape index (κ1) is 11.7. The predicted octanol–water partition coefficient (Wildman–Crippen LogP) is 1.75. The minimum Gasteiger partial charge on any atom is -0.329 e. The van der Waals surface area contributed by atoms with Gasteiger partial charge in [0.25, 0.3) is 0 Å². The molecule has 1 aliphatic carbocycles. The van der Waals surface area contributed by atoms with Crippen molar-refractivity contribution in [2.45, 2.75) is 43.1 Å². The van der Waals surface area contributed by atoms with Gasteiger partial charge in [-0.15, -0.1) is 10.2 Å². The van der Waals surface area contributed by atoms with Crippen LogP contribution in [0.5, 0.6) is 0 Å². The molecular weight excluding hydrogens is 220 g/mol. The molecule has 2 N–H and O–H groups in total. The van der Waals surface area contributed by atoms with Gasteiger partial charge in [0.2, 0.25) is 0 Å². The Morgan fingerprint density at radius 1 is 1.56 bits per heavy atom. The van der Waals surface area contributed by atoms with Crippen LogP contribution in [-0.2, 0) is 6.54 Å². The Bertz CT molecular complexity index is 372. The number of nitrogens with zero attached hydrogens (tertiary/aromatic N) is 3. The van der Waals surface area contributed by atoms with E-state index in [4.69, 9.17) is 5.73 Å². The Hall–Kier alpha value is -0.810. The highest BCUT2D eigenvalue weighted by molar-refractivity contribution is 7.99. The summed E-state index contributed by atoms with van der Waals surface area (Å²) in [5.41, 5.74) is 5.59. The van der Waals surface area contributed by atoms with Gasteiger partial charge in [-0.2, -0.15) is 0 Å². The standard InChI is InChI=1S/C11H18N4S/c1-9-13-14-11(15(9)8-7-12)16-10-5-3-2-4-6-10/h3,5,10H,2,4,6-8,12H2,1H3. The maximum absolute atomic E-state index is 5.59. The number of hydrogen-bond donors (Lipinski definition) is 1. The van der Waals surface area contributed by atoms with E-state index < -0.39 is 0 Å². The summed E-state index contributed by atoms with van der Waals surface area (Å²) >= 11 is 1.80. The highest BCUT2D eigenvalue weighted by Gasteiger charge is 2.15. The molecule has 88 valence electrons. The van der Waals surface area contributed by atoms with E-state index in [-0.39, 0.29) is 0 Å². The summed E-state index contributed by atoms with van der Waals surface area (Å²) in [6.45, 7) is 3.41. The van der Waals surface area contributed by atoms with E-state index in [0.29, 0.717) is 11.8 Å². The highest BCUT2D eigenvalue weighted by Crippen LogP contribution is 2.29. The van der Waals surface area contributed by atoms with Crippen LogP contribution in [0.25, 0.3) is 0 Å². The fourth-order valence-electron chi connectivity index (χ4n) is 1.85. The summed E-state index contributed by atoms with van der Waals surface area (Å²) in [5, 5.41) is 9.88. The summed E-state index contributed by atoms with van der Waals surface area (Å²) in [5.74, 6) is 0.952. The predicted molar refractivity (Wildman–Crippen MR) is 66.4 cm³/mol. The van der Waals surface area contributed by atoms with Crippen LogP contribution in [0.4, 0.5) is 0 Å². The average Bonchev–Trinajstić information content (AvgIpc) is 2.64. The van der Waals surface area contributed by atoms with Crippen LogP contribution < -0.4 is 5.73 Å². The van der Waals surface area contributed by atoms with Gasteiger partial charge < -0.3 is 10.3 Å². The lowest BCUT2D eigenvalue weighted by Gasteiger charge is -2.15. The molecule has 1 aliphatic rings. The lowest BCUT2D eigenvalue weighted by atomic mass is 10.1. The first-order valence-electron chi connectivity index (χ1n) is 5.74. The van der Waals surface area contributed by atoms with Gasteiger partial charge >= 0.3 is 0 Å². The van der Waals surface area contributed by atoms with Crippen LogP contribution >= 0.6 is 11.8 Å². The maximum atomic E-state index is 5.59. The van der Waals surface area contributed by atoms with Crippen LogP contribution in [-0.4, -0.2) is 26.6 Å². The Morgan fingerprint density at radius 3 is 3.12 bits per heavy atom. The summed E-state index contributed by atoms with van der Waals surface area (Å²) in [7, 11) is 0. The molecule has 1 heterocycles. The summed E-state index contributed by atoms with van der Waals surface area (Å²) in [6, 6.07) is 0. The molecule has 5 heteroatoms. The summed E-state index contributed by atoms with van der Waals surface area (Å²) in [4.78, 5) is 0. The molecule has 1 aromatic rings. The van der Waals surface area contributed by atoms with Gasteiger partial charge in [0.15, 0.2) is 5.16 Å². The SMILES string of the molecule is Cc1nnc(SC2C=CCCC2)n1CCN. The van der Waals surface area contributed by atoms with Crippen molar-refractivity contribution in [3.8, 4) is 0 Å². The largest absolute Gasteiger partial charge is 0.329 e. The molecule has 0 fully saturated rings. The van der Waals surface area contributed by atoms with Gasteiger partial charge in [-0.1, -0.05) is 23.9 Å². The van der Waals surface area contributed by atoms with Crippen molar-refractivity contribution >= 4 is 11.8 Å². The van der Waals surface area contributed by atoms with E-state index in [2.05, 4.69) is 26.9 Å². The number of thioether (sulfide) groups is 1. The Balaban J connectivity index is 2.08. The quantitative estimate of drug-likeness (QED) is 0.812. The minimum atomic E-state index is 0.550. The fraction of sp³-hybridized carbons (Fsp3) is 0.636. The molecule has 0 aromatic carbocycles. The molecule has 0 amide bonds. The van der Waals surface area contributed by atoms with Gasteiger partial charge in [-0.25, -0.2) is 0 Å². The molecular formula is C11H18N4S. The van der Waals surface area contributed by atoms with E-state index in [1.54, 1.807) is 11.8 Å². The third kappa shape index (κ3) is 2.65. The second kappa shape index (κ2) is 5.50. The molecule has 16 heavy (non-hydrogen) atoms. The number of aromatic nitrogens is 3. The molecule has 0 saturated heterocycles. The van der Waals surface area contributed by atoms with Crippen LogP contribution in [0.2, 0.25) is 0 Å². The first-order chi connectivity index (χ1) is 7.81. The average molecular weight is 238 g/mol. The van der Waals surface area contributed by atoms with Gasteiger partial charge in [0.1, 0.15) is 5.82 Å². The van der Waals surface area contributed by atoms with Crippen LogP contribution in [0.3, 0.4) is 0 Å². The minimum absolute atomic E-state index is 0.550. The molecule has 0 spiro atoms. The van der Waals surface area contributed by atoms with Crippen molar-refractivity contribution in [3.63, 3.8) is 0 Å². The molecule has 0 saturated carbocycles. The first-order valence-corrected chi connectivity index (χ1v) is 6.62. The van der Waals surface area contributed by atoms with Crippen molar-refractivity contribution in [1.29, 1.82) is 0 Å². The van der Waals surface area contributed by atoms with Crippen molar-refractivity contribution in [1.82, 2.24) is 14.8 Å². The zero-order valence-corrected chi connectivity index (χ0v) is 10.4. The van der Waals surface area contributed by atoms with Crippen LogP contribution in [0, 0.1) is 6.92 Å². The van der Waals surface area contributed by atoms with E-state index in [1.165, 1.54) is 19.3 Å². The molecule has 1 aromatic heterocycles. The number of rotatable bonds is 4. The normalized spacial score (nSPS) is 20.2. The third-order valence-corrected chi connectivity index (χ3v) is 3.93. The van der Waals surface area contributed by atoms with Gasteiger partial charge in [-0.05, 0) is 26.2 Å². The molecule has 0 aliphatic heterocycles. The van der Waals surface area contributed by atoms with Gasteiger partial charge in [0.05, 0.1) is 0 Å². The van der Waals surface area contributed by atoms with E-state index in [0.717, 1.165) is 17.5 Å². The topological polar surface area (TPSA) is 56.7 Å². The number of allylic oxidation sites excluding steroid dienone is 1. The van der Waals surface area contributed by atoms with Crippen molar-refractivity contribution in [2.24, 2.45) is 5.73 Å². The Labute approximate surface area is 100 Å². The van der Waals surface area contributed by atoms with Crippen molar-refractivity contribution in [3.05, 3.63) is 18.0 Å². The zero-order chi connectivity index (χ0) is 11.4. The highest BCUT2D eigenvalue weighted by atomic mass is 32.2. The lowest BCUT2D eigenvalue weighted by molar-refractivity contribution is 0.625. The maximum Gasteiger partial charge on any atom is 0.191 e. The molecule has 0 radical (unpaired) electrons. The fourth-order valence-corrected chi connectivity index (χ4v) is 3.03. The van der Waals surface area contributed by atoms with Gasteiger partial charge in [0, 0.05) is 18.3 Å². The van der Waals surface area contributed by atoms with E-state index >= 15 is 0 Å². The Morgan fingerprint density at radius 2 is 2.44 bits per heavy atom. The summed E-state index contributed by atoms with van der Waals surface area (Å²) < 4.78 is 2.10. The zero-order valence-electron chi connectivity index (χ0n) is 9.59. The second-order valence-corrected chi connectivity index (χ2v) is 5.19. The van der Waals surface area contributed by atoms with Gasteiger partial charge in [-0.3, -0.25) is 0 Å².